The molecule has 0 radical (unpaired) electrons. The van der Waals surface area contributed by atoms with E-state index in [0.717, 1.165) is 102 Å². The van der Waals surface area contributed by atoms with Gasteiger partial charge in [0.15, 0.2) is 12.2 Å². The van der Waals surface area contributed by atoms with Crippen molar-refractivity contribution in [3.63, 3.8) is 0 Å². The van der Waals surface area contributed by atoms with E-state index in [4.69, 9.17) is 37.0 Å². The Morgan fingerprint density at radius 3 is 0.724 bits per heavy atom. The zero-order valence-electron chi connectivity index (χ0n) is 69.0. The molecule has 0 aromatic heterocycles. The second kappa shape index (κ2) is 77.4. The molecule has 0 bridgehead atoms. The maximum absolute atomic E-state index is 13.1. The number of hydrogen-bond donors (Lipinski definition) is 3. The standard InChI is InChI=1S/C86H168O17P2/c1-7-10-12-14-16-18-19-20-21-24-28-35-40-46-52-58-64-70-85(90)102-81(74-96-83(88)68-62-56-50-42-17-15-13-11-8-2)76-100-104(92,93)98-72-80(87)73-99-105(94,95)101-77-82(75-97-84(89)69-63-57-51-45-39-34-31-30-33-38-44-49-55-61-67-79(6)9-3)103-86(91)71-65-59-53-47-41-36-29-26-23-22-25-27-32-37-43-48-54-60-66-78(4)5/h78-82,87H,7-77H2,1-6H3,(H,92,93)(H,94,95)/t79?,80-,81+,82+/m0/s1. The normalized spacial score (nSPS) is 14.1. The van der Waals surface area contributed by atoms with E-state index in [1.807, 2.05) is 0 Å². The summed E-state index contributed by atoms with van der Waals surface area (Å²) in [7, 11) is -9.93. The number of ether oxygens (including phenoxy) is 4. The molecule has 0 heterocycles. The van der Waals surface area contributed by atoms with Crippen molar-refractivity contribution in [3.05, 3.63) is 0 Å². The largest absolute Gasteiger partial charge is 0.472 e. The van der Waals surface area contributed by atoms with E-state index in [1.54, 1.807) is 0 Å². The minimum absolute atomic E-state index is 0.109. The van der Waals surface area contributed by atoms with Crippen molar-refractivity contribution in [2.75, 3.05) is 39.6 Å². The number of unbranched alkanes of at least 4 members (excludes halogenated alkanes) is 54. The maximum Gasteiger partial charge on any atom is 0.472 e. The molecule has 0 fully saturated rings. The molecule has 19 heteroatoms. The summed E-state index contributed by atoms with van der Waals surface area (Å²) in [4.78, 5) is 73.2. The summed E-state index contributed by atoms with van der Waals surface area (Å²) in [6, 6.07) is 0. The zero-order valence-corrected chi connectivity index (χ0v) is 70.8. The van der Waals surface area contributed by atoms with Crippen LogP contribution in [0.5, 0.6) is 0 Å². The number of rotatable bonds is 85. The van der Waals surface area contributed by atoms with Gasteiger partial charge in [0.25, 0.3) is 0 Å². The van der Waals surface area contributed by atoms with Crippen LogP contribution in [0.2, 0.25) is 0 Å². The zero-order chi connectivity index (χ0) is 77.1. The highest BCUT2D eigenvalue weighted by Crippen LogP contribution is 2.45. The Kier molecular flexibility index (Phi) is 76.0. The molecule has 17 nitrogen and oxygen atoms in total. The van der Waals surface area contributed by atoms with E-state index < -0.39 is 97.5 Å². The van der Waals surface area contributed by atoms with E-state index >= 15 is 0 Å². The number of aliphatic hydroxyl groups excluding tert-OH is 1. The molecule has 0 amide bonds. The predicted molar refractivity (Wildman–Crippen MR) is 432 cm³/mol. The fraction of sp³-hybridized carbons (Fsp3) is 0.953. The monoisotopic (exact) mass is 1540 g/mol. The van der Waals surface area contributed by atoms with Crippen LogP contribution in [-0.4, -0.2) is 96.7 Å². The number of carbonyl (C=O) groups is 4. The number of aliphatic hydroxyl groups is 1. The van der Waals surface area contributed by atoms with Gasteiger partial charge in [0, 0.05) is 25.7 Å². The topological polar surface area (TPSA) is 237 Å². The van der Waals surface area contributed by atoms with Crippen LogP contribution in [0.15, 0.2) is 0 Å². The highest BCUT2D eigenvalue weighted by molar-refractivity contribution is 7.47. The first-order valence-electron chi connectivity index (χ1n) is 44.5. The smallest absolute Gasteiger partial charge is 0.462 e. The number of phosphoric acid groups is 2. The first-order valence-corrected chi connectivity index (χ1v) is 47.5. The summed E-state index contributed by atoms with van der Waals surface area (Å²) in [6.07, 6.45) is 69.4. The lowest BCUT2D eigenvalue weighted by molar-refractivity contribution is -0.161. The van der Waals surface area contributed by atoms with Gasteiger partial charge in [-0.15, -0.1) is 0 Å². The van der Waals surface area contributed by atoms with Crippen molar-refractivity contribution in [3.8, 4) is 0 Å². The van der Waals surface area contributed by atoms with Crippen LogP contribution >= 0.6 is 15.6 Å². The van der Waals surface area contributed by atoms with Crippen LogP contribution in [0.25, 0.3) is 0 Å². The Bertz CT molecular complexity index is 2010. The minimum Gasteiger partial charge on any atom is -0.462 e. The lowest BCUT2D eigenvalue weighted by Crippen LogP contribution is -2.30. The Hall–Kier alpha value is -1.94. The van der Waals surface area contributed by atoms with Crippen molar-refractivity contribution < 1.29 is 80.2 Å². The van der Waals surface area contributed by atoms with E-state index in [0.29, 0.717) is 25.7 Å². The van der Waals surface area contributed by atoms with Crippen LogP contribution in [-0.2, 0) is 65.4 Å². The molecule has 0 aromatic rings. The van der Waals surface area contributed by atoms with E-state index in [-0.39, 0.29) is 25.7 Å². The summed E-state index contributed by atoms with van der Waals surface area (Å²) in [6.45, 7) is 9.75. The van der Waals surface area contributed by atoms with Gasteiger partial charge in [0.05, 0.1) is 26.4 Å². The molecule has 0 aliphatic rings. The molecule has 0 saturated carbocycles. The summed E-state index contributed by atoms with van der Waals surface area (Å²) < 4.78 is 68.9. The SMILES string of the molecule is CCCCCCCCCCCCCCCCCCCC(=O)O[C@H](COC(=O)CCCCCCCCCCC)COP(=O)(O)OC[C@H](O)COP(=O)(O)OC[C@@H](COC(=O)CCCCCCCCCCCCCCCCC(C)CC)OC(=O)CCCCCCCCCCCCCCCCCCCCC(C)C. The molecular weight excluding hydrogens is 1370 g/mol. The molecule has 0 saturated heterocycles. The number of esters is 4. The maximum atomic E-state index is 13.1. The minimum atomic E-state index is -4.97. The summed E-state index contributed by atoms with van der Waals surface area (Å²) in [5.74, 6) is -0.432. The fourth-order valence-electron chi connectivity index (χ4n) is 13.4. The third-order valence-electron chi connectivity index (χ3n) is 20.6. The first-order chi connectivity index (χ1) is 50.9. The van der Waals surface area contributed by atoms with Crippen molar-refractivity contribution in [1.29, 1.82) is 0 Å². The van der Waals surface area contributed by atoms with Crippen molar-refractivity contribution in [2.24, 2.45) is 11.8 Å². The van der Waals surface area contributed by atoms with Crippen molar-refractivity contribution >= 4 is 39.5 Å². The van der Waals surface area contributed by atoms with Gasteiger partial charge in [-0.3, -0.25) is 37.3 Å². The third kappa shape index (κ3) is 78.5. The fourth-order valence-corrected chi connectivity index (χ4v) is 15.0. The van der Waals surface area contributed by atoms with Crippen LogP contribution in [0.1, 0.15) is 459 Å². The molecule has 0 aliphatic carbocycles. The lowest BCUT2D eigenvalue weighted by Gasteiger charge is -2.21. The van der Waals surface area contributed by atoms with Crippen LogP contribution in [0.4, 0.5) is 0 Å². The second-order valence-electron chi connectivity index (χ2n) is 31.6. The summed E-state index contributed by atoms with van der Waals surface area (Å²) in [5.41, 5.74) is 0. The molecule has 105 heavy (non-hydrogen) atoms. The summed E-state index contributed by atoms with van der Waals surface area (Å²) in [5, 5.41) is 10.7. The van der Waals surface area contributed by atoms with Crippen molar-refractivity contribution in [1.82, 2.24) is 0 Å². The molecule has 0 spiro atoms. The molecular formula is C86H168O17P2. The average molecular weight is 1540 g/mol. The number of phosphoric ester groups is 2. The van der Waals surface area contributed by atoms with Crippen LogP contribution in [0.3, 0.4) is 0 Å². The van der Waals surface area contributed by atoms with Gasteiger partial charge in [-0.25, -0.2) is 9.13 Å². The van der Waals surface area contributed by atoms with Crippen LogP contribution < -0.4 is 0 Å². The van der Waals surface area contributed by atoms with E-state index in [9.17, 15) is 43.2 Å². The van der Waals surface area contributed by atoms with Gasteiger partial charge in [-0.1, -0.05) is 408 Å². The lowest BCUT2D eigenvalue weighted by atomic mass is 9.99. The molecule has 3 unspecified atom stereocenters. The molecule has 0 aromatic carbocycles. The molecule has 624 valence electrons. The molecule has 0 aliphatic heterocycles. The second-order valence-corrected chi connectivity index (χ2v) is 34.6. The summed E-state index contributed by atoms with van der Waals surface area (Å²) >= 11 is 0. The first kappa shape index (κ1) is 103. The quantitative estimate of drug-likeness (QED) is 0.0222. The number of hydrogen-bond acceptors (Lipinski definition) is 15. The van der Waals surface area contributed by atoms with Gasteiger partial charge in [-0.2, -0.15) is 0 Å². The highest BCUT2D eigenvalue weighted by atomic mass is 31.2. The Labute approximate surface area is 645 Å². The highest BCUT2D eigenvalue weighted by Gasteiger charge is 2.30. The van der Waals surface area contributed by atoms with Crippen LogP contribution in [0, 0.1) is 11.8 Å². The van der Waals surface area contributed by atoms with E-state index in [2.05, 4.69) is 41.5 Å². The Morgan fingerprint density at radius 2 is 0.486 bits per heavy atom. The van der Waals surface area contributed by atoms with Crippen molar-refractivity contribution in [2.45, 2.75) is 477 Å². The van der Waals surface area contributed by atoms with Gasteiger partial charge >= 0.3 is 39.5 Å². The molecule has 6 atom stereocenters. The Morgan fingerprint density at radius 1 is 0.276 bits per heavy atom. The van der Waals surface area contributed by atoms with Gasteiger partial charge in [0.2, 0.25) is 0 Å². The van der Waals surface area contributed by atoms with Gasteiger partial charge < -0.3 is 33.8 Å². The third-order valence-corrected chi connectivity index (χ3v) is 22.5. The van der Waals surface area contributed by atoms with E-state index in [1.165, 1.54) is 276 Å². The van der Waals surface area contributed by atoms with Gasteiger partial charge in [0.1, 0.15) is 19.3 Å². The molecule has 0 rings (SSSR count). The number of carbonyl (C=O) groups excluding carboxylic acids is 4. The molecule has 3 N–H and O–H groups in total. The average Bonchev–Trinajstić information content (AvgIpc) is 0.907. The Balaban J connectivity index is 5.21. The predicted octanol–water partition coefficient (Wildman–Crippen LogP) is 26.2. The van der Waals surface area contributed by atoms with Gasteiger partial charge in [-0.05, 0) is 37.5 Å².